The van der Waals surface area contributed by atoms with E-state index in [2.05, 4.69) is 0 Å². The molecule has 1 saturated carbocycles. The number of hydrogen-bond donors (Lipinski definition) is 2. The Morgan fingerprint density at radius 3 is 2.39 bits per heavy atom. The predicted octanol–water partition coefficient (Wildman–Crippen LogP) is 1.76. The fourth-order valence-corrected chi connectivity index (χ4v) is 3.58. The third-order valence-electron chi connectivity index (χ3n) is 4.95. The Morgan fingerprint density at radius 2 is 1.94 bits per heavy atom. The number of carboxylic acids is 2. The molecule has 18 heavy (non-hydrogen) atoms. The van der Waals surface area contributed by atoms with Gasteiger partial charge in [0, 0.05) is 0 Å². The minimum absolute atomic E-state index is 0.0830. The number of ether oxygens (including phenoxy) is 1. The van der Waals surface area contributed by atoms with E-state index in [4.69, 9.17) is 4.74 Å². The van der Waals surface area contributed by atoms with Crippen molar-refractivity contribution in [1.82, 2.24) is 0 Å². The van der Waals surface area contributed by atoms with E-state index in [1.54, 1.807) is 6.92 Å². The van der Waals surface area contributed by atoms with Gasteiger partial charge in [-0.2, -0.15) is 0 Å². The average Bonchev–Trinajstić information content (AvgIpc) is 3.06. The first kappa shape index (κ1) is 13.3. The highest BCUT2D eigenvalue weighted by Crippen LogP contribution is 2.57. The van der Waals surface area contributed by atoms with Crippen LogP contribution in [0, 0.1) is 16.7 Å². The molecule has 2 aliphatic rings. The Morgan fingerprint density at radius 1 is 1.33 bits per heavy atom. The molecule has 0 aromatic heterocycles. The number of hydrogen-bond acceptors (Lipinski definition) is 3. The summed E-state index contributed by atoms with van der Waals surface area (Å²) in [4.78, 5) is 23.5. The minimum atomic E-state index is -1.21. The molecule has 0 radical (unpaired) electrons. The van der Waals surface area contributed by atoms with Gasteiger partial charge in [-0.3, -0.25) is 9.59 Å². The summed E-state index contributed by atoms with van der Waals surface area (Å²) in [6.07, 6.45) is 2.19. The van der Waals surface area contributed by atoms with E-state index >= 15 is 0 Å². The zero-order valence-electron chi connectivity index (χ0n) is 10.8. The molecule has 0 aromatic carbocycles. The van der Waals surface area contributed by atoms with E-state index in [-0.39, 0.29) is 12.0 Å². The van der Waals surface area contributed by atoms with Crippen molar-refractivity contribution in [2.24, 2.45) is 16.7 Å². The number of carbonyl (C=O) groups is 2. The first-order valence-electron chi connectivity index (χ1n) is 6.43. The second-order valence-electron chi connectivity index (χ2n) is 5.87. The molecule has 1 heterocycles. The summed E-state index contributed by atoms with van der Waals surface area (Å²) < 4.78 is 5.15. The van der Waals surface area contributed by atoms with Gasteiger partial charge in [-0.25, -0.2) is 0 Å². The molecular formula is C13H20O5. The number of rotatable bonds is 4. The zero-order chi connectivity index (χ0) is 13.6. The summed E-state index contributed by atoms with van der Waals surface area (Å²) in [7, 11) is 0. The third-order valence-corrected chi connectivity index (χ3v) is 4.95. The van der Waals surface area contributed by atoms with Gasteiger partial charge in [0.25, 0.3) is 0 Å². The normalized spacial score (nSPS) is 43.4. The van der Waals surface area contributed by atoms with E-state index in [1.165, 1.54) is 0 Å². The van der Waals surface area contributed by atoms with Crippen molar-refractivity contribution in [3.05, 3.63) is 0 Å². The fourth-order valence-electron chi connectivity index (χ4n) is 3.58. The molecule has 5 nitrogen and oxygen atoms in total. The molecule has 5 heteroatoms. The van der Waals surface area contributed by atoms with Crippen LogP contribution in [-0.4, -0.2) is 34.9 Å². The van der Waals surface area contributed by atoms with Crippen molar-refractivity contribution in [3.8, 4) is 0 Å². The topological polar surface area (TPSA) is 87.1 Å². The van der Waals surface area contributed by atoms with Crippen LogP contribution in [0.2, 0.25) is 0 Å². The Hall–Kier alpha value is -1.10. The van der Waals surface area contributed by atoms with Gasteiger partial charge >= 0.3 is 11.9 Å². The summed E-state index contributed by atoms with van der Waals surface area (Å²) in [5, 5.41) is 19.2. The fraction of sp³-hybridized carbons (Fsp3) is 0.846. The Balaban J connectivity index is 2.46. The molecule has 102 valence electrons. The molecule has 0 aromatic rings. The van der Waals surface area contributed by atoms with Gasteiger partial charge in [0.2, 0.25) is 0 Å². The highest BCUT2D eigenvalue weighted by atomic mass is 16.6. The molecular weight excluding hydrogens is 236 g/mol. The van der Waals surface area contributed by atoms with Crippen LogP contribution in [-0.2, 0) is 14.3 Å². The third kappa shape index (κ3) is 1.72. The average molecular weight is 256 g/mol. The molecule has 2 fully saturated rings. The monoisotopic (exact) mass is 256 g/mol. The van der Waals surface area contributed by atoms with E-state index < -0.39 is 22.8 Å². The summed E-state index contributed by atoms with van der Waals surface area (Å²) in [6.45, 7) is 4.00. The van der Waals surface area contributed by atoms with Crippen LogP contribution in [0.1, 0.15) is 39.5 Å². The van der Waals surface area contributed by atoms with Gasteiger partial charge in [-0.05, 0) is 32.1 Å². The van der Waals surface area contributed by atoms with Crippen LogP contribution in [0.15, 0.2) is 0 Å². The zero-order valence-corrected chi connectivity index (χ0v) is 10.8. The largest absolute Gasteiger partial charge is 0.481 e. The quantitative estimate of drug-likeness (QED) is 0.748. The molecule has 4 unspecified atom stereocenters. The number of aliphatic carboxylic acids is 2. The van der Waals surface area contributed by atoms with Gasteiger partial charge < -0.3 is 14.9 Å². The summed E-state index contributed by atoms with van der Waals surface area (Å²) in [6, 6.07) is 0. The Bertz CT molecular complexity index is 376. The maximum Gasteiger partial charge on any atom is 0.311 e. The van der Waals surface area contributed by atoms with Crippen molar-refractivity contribution >= 4 is 11.9 Å². The van der Waals surface area contributed by atoms with Crippen LogP contribution >= 0.6 is 0 Å². The number of carboxylic acid groups (broad SMARTS) is 2. The lowest BCUT2D eigenvalue weighted by Crippen LogP contribution is -2.57. The molecule has 1 aliphatic heterocycles. The van der Waals surface area contributed by atoms with Crippen LogP contribution in [0.5, 0.6) is 0 Å². The van der Waals surface area contributed by atoms with Crippen molar-refractivity contribution in [2.75, 3.05) is 6.61 Å². The smallest absolute Gasteiger partial charge is 0.311 e. The van der Waals surface area contributed by atoms with E-state index in [1.807, 2.05) is 6.92 Å². The second kappa shape index (κ2) is 4.23. The van der Waals surface area contributed by atoms with E-state index in [0.29, 0.717) is 19.4 Å². The maximum atomic E-state index is 11.9. The maximum absolute atomic E-state index is 11.9. The van der Waals surface area contributed by atoms with Gasteiger partial charge in [-0.15, -0.1) is 0 Å². The summed E-state index contributed by atoms with van der Waals surface area (Å²) in [5.41, 5.74) is -2.42. The lowest BCUT2D eigenvalue weighted by Gasteiger charge is -2.50. The van der Waals surface area contributed by atoms with Crippen molar-refractivity contribution in [1.29, 1.82) is 0 Å². The van der Waals surface area contributed by atoms with Crippen LogP contribution < -0.4 is 0 Å². The second-order valence-corrected chi connectivity index (χ2v) is 5.87. The van der Waals surface area contributed by atoms with Crippen LogP contribution in [0.4, 0.5) is 0 Å². The van der Waals surface area contributed by atoms with Gasteiger partial charge in [0.05, 0.1) is 23.5 Å². The molecule has 1 saturated heterocycles. The Labute approximate surface area is 106 Å². The lowest BCUT2D eigenvalue weighted by atomic mass is 9.51. The number of epoxide rings is 1. The van der Waals surface area contributed by atoms with Gasteiger partial charge in [0.15, 0.2) is 0 Å². The van der Waals surface area contributed by atoms with Crippen LogP contribution in [0.25, 0.3) is 0 Å². The van der Waals surface area contributed by atoms with Crippen molar-refractivity contribution in [2.45, 2.75) is 45.6 Å². The summed E-state index contributed by atoms with van der Waals surface area (Å²) in [5.74, 6) is -2.14. The molecule has 2 N–H and O–H groups in total. The predicted molar refractivity (Wildman–Crippen MR) is 63.2 cm³/mol. The van der Waals surface area contributed by atoms with Gasteiger partial charge in [-0.1, -0.05) is 13.3 Å². The summed E-state index contributed by atoms with van der Waals surface area (Å²) >= 11 is 0. The molecule has 2 rings (SSSR count). The molecule has 4 atom stereocenters. The van der Waals surface area contributed by atoms with E-state index in [9.17, 15) is 19.8 Å². The van der Waals surface area contributed by atoms with Gasteiger partial charge in [0.1, 0.15) is 0 Å². The molecule has 1 aliphatic carbocycles. The first-order chi connectivity index (χ1) is 8.34. The molecule has 0 amide bonds. The molecule has 0 bridgehead atoms. The van der Waals surface area contributed by atoms with E-state index in [0.717, 1.165) is 12.8 Å². The minimum Gasteiger partial charge on any atom is -0.481 e. The SMILES string of the molecule is CC1CCCC(C)(C(=O)O)C1(CC1CO1)C(=O)O. The first-order valence-corrected chi connectivity index (χ1v) is 6.43. The van der Waals surface area contributed by atoms with Crippen LogP contribution in [0.3, 0.4) is 0 Å². The lowest BCUT2D eigenvalue weighted by molar-refractivity contribution is -0.186. The highest BCUT2D eigenvalue weighted by molar-refractivity contribution is 5.87. The Kier molecular flexibility index (Phi) is 3.13. The van der Waals surface area contributed by atoms with Crippen molar-refractivity contribution < 1.29 is 24.5 Å². The highest BCUT2D eigenvalue weighted by Gasteiger charge is 2.64. The standard InChI is InChI=1S/C13H20O5/c1-8-4-3-5-12(2,10(14)15)13(8,11(16)17)6-9-7-18-9/h8-9H,3-7H2,1-2H3,(H,14,15)(H,16,17). The molecule has 0 spiro atoms. The van der Waals surface area contributed by atoms with Crippen molar-refractivity contribution in [3.63, 3.8) is 0 Å².